The molecule has 1 fully saturated rings. The van der Waals surface area contributed by atoms with Crippen LogP contribution < -0.4 is 9.47 Å². The predicted molar refractivity (Wildman–Crippen MR) is 148 cm³/mol. The highest BCUT2D eigenvalue weighted by molar-refractivity contribution is 5.91. The molecule has 4 rings (SSSR count). The fraction of sp³-hybridized carbons (Fsp3) is 0.424. The van der Waals surface area contributed by atoms with Crippen LogP contribution in [0.25, 0.3) is 0 Å². The van der Waals surface area contributed by atoms with E-state index in [0.29, 0.717) is 38.5 Å². The van der Waals surface area contributed by atoms with Crippen LogP contribution in [-0.4, -0.2) is 11.6 Å². The van der Waals surface area contributed by atoms with Crippen LogP contribution in [-0.2, 0) is 17.8 Å². The Kier molecular flexibility index (Phi) is 9.00. The van der Waals surface area contributed by atoms with E-state index >= 15 is 0 Å². The van der Waals surface area contributed by atoms with Crippen LogP contribution in [0.5, 0.6) is 11.5 Å². The average Bonchev–Trinajstić information content (AvgIpc) is 2.97. The number of hydrogen-bond acceptors (Lipinski definition) is 3. The molecule has 42 heavy (non-hydrogen) atoms. The fourth-order valence-electron chi connectivity index (χ4n) is 5.57. The minimum absolute atomic E-state index is 0.0858. The first-order chi connectivity index (χ1) is 19.7. The van der Waals surface area contributed by atoms with Crippen molar-refractivity contribution in [2.24, 2.45) is 0 Å². The molecule has 1 aliphatic carbocycles. The van der Waals surface area contributed by atoms with Gasteiger partial charge >= 0.3 is 18.3 Å². The third-order valence-electron chi connectivity index (χ3n) is 8.45. The standard InChI is InChI=1S/C33H34F6O3/c1-4-30(3,5-2)42-28-17-15-24(21-26(28)33(37,38)39)31(18-10-7-11-19-31)23-14-16-27(25(20-23)32(34,35)36)41-29(40)22-12-8-6-9-13-22/h6,8-9,12-17,20-21H,4-5,7,10-11,18-19H2,1-3H3. The zero-order chi connectivity index (χ0) is 30.8. The highest BCUT2D eigenvalue weighted by atomic mass is 19.4. The first-order valence-electron chi connectivity index (χ1n) is 14.1. The maximum absolute atomic E-state index is 14.4. The minimum Gasteiger partial charge on any atom is -0.487 e. The van der Waals surface area contributed by atoms with E-state index in [1.54, 1.807) is 25.1 Å². The van der Waals surface area contributed by atoms with Gasteiger partial charge < -0.3 is 9.47 Å². The van der Waals surface area contributed by atoms with Crippen LogP contribution in [0.4, 0.5) is 26.3 Å². The molecule has 0 heterocycles. The summed E-state index contributed by atoms with van der Waals surface area (Å²) in [6.45, 7) is 5.41. The molecule has 3 aromatic rings. The van der Waals surface area contributed by atoms with Crippen molar-refractivity contribution in [3.8, 4) is 11.5 Å². The molecule has 1 aliphatic rings. The quantitative estimate of drug-likeness (QED) is 0.148. The highest BCUT2D eigenvalue weighted by Gasteiger charge is 2.43. The summed E-state index contributed by atoms with van der Waals surface area (Å²) in [7, 11) is 0. The second kappa shape index (κ2) is 12.0. The molecular weight excluding hydrogens is 558 g/mol. The Bertz CT molecular complexity index is 1390. The van der Waals surface area contributed by atoms with Gasteiger partial charge in [0.25, 0.3) is 0 Å². The molecule has 0 bridgehead atoms. The van der Waals surface area contributed by atoms with Crippen molar-refractivity contribution in [3.63, 3.8) is 0 Å². The van der Waals surface area contributed by atoms with E-state index < -0.39 is 46.2 Å². The monoisotopic (exact) mass is 592 g/mol. The molecule has 0 atom stereocenters. The molecule has 1 saturated carbocycles. The lowest BCUT2D eigenvalue weighted by atomic mass is 9.65. The van der Waals surface area contributed by atoms with E-state index in [9.17, 15) is 31.1 Å². The summed E-state index contributed by atoms with van der Waals surface area (Å²) < 4.78 is 97.1. The van der Waals surface area contributed by atoms with Gasteiger partial charge in [0.2, 0.25) is 0 Å². The van der Waals surface area contributed by atoms with Crippen LogP contribution in [0.2, 0.25) is 0 Å². The Morgan fingerprint density at radius 2 is 1.24 bits per heavy atom. The van der Waals surface area contributed by atoms with Crippen molar-refractivity contribution >= 4 is 5.97 Å². The highest BCUT2D eigenvalue weighted by Crippen LogP contribution is 2.50. The van der Waals surface area contributed by atoms with E-state index in [1.807, 2.05) is 13.8 Å². The fourth-order valence-corrected chi connectivity index (χ4v) is 5.57. The first kappa shape index (κ1) is 31.4. The van der Waals surface area contributed by atoms with Gasteiger partial charge in [-0.25, -0.2) is 4.79 Å². The Hall–Kier alpha value is -3.49. The second-order valence-corrected chi connectivity index (χ2v) is 11.1. The van der Waals surface area contributed by atoms with Crippen LogP contribution in [0.15, 0.2) is 66.7 Å². The lowest BCUT2D eigenvalue weighted by molar-refractivity contribution is -0.140. The number of esters is 1. The van der Waals surface area contributed by atoms with Gasteiger partial charge in [-0.2, -0.15) is 26.3 Å². The number of ether oxygens (including phenoxy) is 2. The summed E-state index contributed by atoms with van der Waals surface area (Å²) in [6.07, 6.45) is -5.81. The van der Waals surface area contributed by atoms with Crippen LogP contribution in [0, 0.1) is 0 Å². The average molecular weight is 593 g/mol. The van der Waals surface area contributed by atoms with Crippen LogP contribution in [0.1, 0.15) is 98.3 Å². The lowest BCUT2D eigenvalue weighted by Gasteiger charge is -2.40. The largest absolute Gasteiger partial charge is 0.487 e. The maximum atomic E-state index is 14.4. The molecule has 0 aromatic heterocycles. The van der Waals surface area contributed by atoms with Gasteiger partial charge in [0.05, 0.1) is 16.7 Å². The molecule has 3 nitrogen and oxygen atoms in total. The number of carbonyl (C=O) groups is 1. The summed E-state index contributed by atoms with van der Waals surface area (Å²) in [5, 5.41) is 0. The molecule has 9 heteroatoms. The van der Waals surface area contributed by atoms with Gasteiger partial charge in [-0.3, -0.25) is 0 Å². The Morgan fingerprint density at radius 3 is 1.74 bits per heavy atom. The summed E-state index contributed by atoms with van der Waals surface area (Å²) in [6, 6.07) is 14.9. The van der Waals surface area contributed by atoms with E-state index in [1.165, 1.54) is 30.3 Å². The molecule has 0 radical (unpaired) electrons. The van der Waals surface area contributed by atoms with E-state index in [4.69, 9.17) is 9.47 Å². The van der Waals surface area contributed by atoms with Gasteiger partial charge in [0.1, 0.15) is 17.1 Å². The molecule has 0 amide bonds. The smallest absolute Gasteiger partial charge is 0.419 e. The van der Waals surface area contributed by atoms with Crippen molar-refractivity contribution in [1.82, 2.24) is 0 Å². The Labute approximate surface area is 241 Å². The Balaban J connectivity index is 1.83. The Morgan fingerprint density at radius 1 is 0.738 bits per heavy atom. The first-order valence-corrected chi connectivity index (χ1v) is 14.1. The van der Waals surface area contributed by atoms with E-state index in [2.05, 4.69) is 0 Å². The van der Waals surface area contributed by atoms with Crippen LogP contribution in [0.3, 0.4) is 0 Å². The van der Waals surface area contributed by atoms with Gasteiger partial charge in [0, 0.05) is 5.41 Å². The van der Waals surface area contributed by atoms with Crippen molar-refractivity contribution in [2.45, 2.75) is 89.1 Å². The topological polar surface area (TPSA) is 35.5 Å². The SMILES string of the molecule is CCC(C)(CC)Oc1ccc(C2(c3ccc(OC(=O)c4ccccc4)c(C(F)(F)F)c3)CCCCC2)cc1C(F)(F)F. The second-order valence-electron chi connectivity index (χ2n) is 11.1. The van der Waals surface area contributed by atoms with Gasteiger partial charge in [0.15, 0.2) is 0 Å². The lowest BCUT2D eigenvalue weighted by Crippen LogP contribution is -2.33. The molecule has 0 saturated heterocycles. The van der Waals surface area contributed by atoms with Crippen molar-refractivity contribution in [1.29, 1.82) is 0 Å². The number of rotatable bonds is 8. The number of hydrogen-bond donors (Lipinski definition) is 0. The van der Waals surface area contributed by atoms with Crippen molar-refractivity contribution < 1.29 is 40.6 Å². The van der Waals surface area contributed by atoms with Gasteiger partial charge in [-0.15, -0.1) is 0 Å². The third kappa shape index (κ3) is 6.60. The number of benzene rings is 3. The van der Waals surface area contributed by atoms with Crippen molar-refractivity contribution in [2.75, 3.05) is 0 Å². The number of halogens is 6. The molecular formula is C33H34F6O3. The summed E-state index contributed by atoms with van der Waals surface area (Å²) in [5.74, 6) is -1.91. The molecule has 0 N–H and O–H groups in total. The van der Waals surface area contributed by atoms with Gasteiger partial charge in [-0.1, -0.05) is 63.4 Å². The number of alkyl halides is 6. The predicted octanol–water partition coefficient (Wildman–Crippen LogP) is 10.2. The zero-order valence-electron chi connectivity index (χ0n) is 23.8. The van der Waals surface area contributed by atoms with Crippen molar-refractivity contribution in [3.05, 3.63) is 94.5 Å². The minimum atomic E-state index is -4.88. The molecule has 3 aromatic carbocycles. The molecule has 0 unspecified atom stereocenters. The normalized spacial score (nSPS) is 15.7. The van der Waals surface area contributed by atoms with Crippen LogP contribution >= 0.6 is 0 Å². The summed E-state index contributed by atoms with van der Waals surface area (Å²) in [4.78, 5) is 12.6. The molecule has 0 spiro atoms. The zero-order valence-corrected chi connectivity index (χ0v) is 23.8. The number of carbonyl (C=O) groups excluding carboxylic acids is 1. The molecule has 226 valence electrons. The summed E-state index contributed by atoms with van der Waals surface area (Å²) >= 11 is 0. The van der Waals surface area contributed by atoms with E-state index in [0.717, 1.165) is 24.6 Å². The van der Waals surface area contributed by atoms with E-state index in [-0.39, 0.29) is 22.4 Å². The van der Waals surface area contributed by atoms with Gasteiger partial charge in [-0.05, 0) is 80.1 Å². The third-order valence-corrected chi connectivity index (χ3v) is 8.45. The maximum Gasteiger partial charge on any atom is 0.419 e. The summed E-state index contributed by atoms with van der Waals surface area (Å²) in [5.41, 5.74) is -3.44. The molecule has 0 aliphatic heterocycles.